The van der Waals surface area contributed by atoms with E-state index in [4.69, 9.17) is 5.11 Å². The fourth-order valence-corrected chi connectivity index (χ4v) is 2.59. The molecule has 20 heavy (non-hydrogen) atoms. The highest BCUT2D eigenvalue weighted by Gasteiger charge is 2.25. The Labute approximate surface area is 120 Å². The zero-order valence-corrected chi connectivity index (χ0v) is 12.5. The van der Waals surface area contributed by atoms with E-state index in [9.17, 15) is 4.79 Å². The third-order valence-corrected chi connectivity index (χ3v) is 4.03. The van der Waals surface area contributed by atoms with Crippen LogP contribution in [0.2, 0.25) is 0 Å². The van der Waals surface area contributed by atoms with Crippen LogP contribution in [-0.4, -0.2) is 15.6 Å². The summed E-state index contributed by atoms with van der Waals surface area (Å²) in [5, 5.41) is 10.4. The van der Waals surface area contributed by atoms with Crippen LogP contribution in [-0.2, 0) is 11.3 Å². The van der Waals surface area contributed by atoms with Crippen molar-refractivity contribution in [3.63, 3.8) is 0 Å². The van der Waals surface area contributed by atoms with Crippen molar-refractivity contribution in [3.05, 3.63) is 36.0 Å². The lowest BCUT2D eigenvalue weighted by molar-refractivity contribution is -0.147. The standard InChI is InChI=1S/C17H23NO2/c1-13-12-14-8-4-5-9-15(14)18(13)11-7-6-10-17(2,3)16(19)20/h4-5,8-9,12H,6-7,10-11H2,1-3H3,(H,19,20). The van der Waals surface area contributed by atoms with E-state index in [-0.39, 0.29) is 0 Å². The van der Waals surface area contributed by atoms with Gasteiger partial charge in [-0.15, -0.1) is 0 Å². The van der Waals surface area contributed by atoms with Gasteiger partial charge in [0.1, 0.15) is 0 Å². The SMILES string of the molecule is Cc1cc2ccccc2n1CCCCC(C)(C)C(=O)O. The molecule has 0 atom stereocenters. The summed E-state index contributed by atoms with van der Waals surface area (Å²) in [7, 11) is 0. The summed E-state index contributed by atoms with van der Waals surface area (Å²) in [4.78, 5) is 11.1. The van der Waals surface area contributed by atoms with Crippen LogP contribution in [0.3, 0.4) is 0 Å². The molecule has 0 saturated carbocycles. The summed E-state index contributed by atoms with van der Waals surface area (Å²) in [5.41, 5.74) is 1.92. The summed E-state index contributed by atoms with van der Waals surface area (Å²) in [6.45, 7) is 6.67. The van der Waals surface area contributed by atoms with Crippen molar-refractivity contribution < 1.29 is 9.90 Å². The second kappa shape index (κ2) is 5.70. The van der Waals surface area contributed by atoms with Crippen molar-refractivity contribution in [2.24, 2.45) is 5.41 Å². The van der Waals surface area contributed by atoms with Crippen LogP contribution in [0, 0.1) is 12.3 Å². The van der Waals surface area contributed by atoms with Gasteiger partial charge in [-0.2, -0.15) is 0 Å². The molecular weight excluding hydrogens is 250 g/mol. The largest absolute Gasteiger partial charge is 0.481 e. The quantitative estimate of drug-likeness (QED) is 0.800. The highest BCUT2D eigenvalue weighted by atomic mass is 16.4. The summed E-state index contributed by atoms with van der Waals surface area (Å²) < 4.78 is 2.32. The predicted octanol–water partition coefficient (Wildman–Crippen LogP) is 4.23. The van der Waals surface area contributed by atoms with E-state index in [1.54, 1.807) is 13.8 Å². The lowest BCUT2D eigenvalue weighted by Crippen LogP contribution is -2.23. The summed E-state index contributed by atoms with van der Waals surface area (Å²) in [6, 6.07) is 10.6. The fourth-order valence-electron chi connectivity index (χ4n) is 2.59. The van der Waals surface area contributed by atoms with Crippen molar-refractivity contribution in [2.75, 3.05) is 0 Å². The number of carboxylic acid groups (broad SMARTS) is 1. The molecule has 0 unspecified atom stereocenters. The minimum atomic E-state index is -0.708. The van der Waals surface area contributed by atoms with Gasteiger partial charge in [-0.25, -0.2) is 0 Å². The first-order valence-corrected chi connectivity index (χ1v) is 7.20. The Morgan fingerprint density at radius 2 is 1.95 bits per heavy atom. The molecule has 0 aliphatic heterocycles. The highest BCUT2D eigenvalue weighted by molar-refractivity contribution is 5.81. The third-order valence-electron chi connectivity index (χ3n) is 4.03. The van der Waals surface area contributed by atoms with Gasteiger partial charge < -0.3 is 9.67 Å². The molecule has 0 radical (unpaired) electrons. The molecule has 1 N–H and O–H groups in total. The van der Waals surface area contributed by atoms with Crippen LogP contribution in [0.4, 0.5) is 0 Å². The Morgan fingerprint density at radius 1 is 1.25 bits per heavy atom. The van der Waals surface area contributed by atoms with Crippen molar-refractivity contribution in [3.8, 4) is 0 Å². The molecule has 0 fully saturated rings. The molecule has 0 bridgehead atoms. The van der Waals surface area contributed by atoms with Gasteiger partial charge in [0.25, 0.3) is 0 Å². The maximum Gasteiger partial charge on any atom is 0.309 e. The minimum absolute atomic E-state index is 0.617. The van der Waals surface area contributed by atoms with E-state index in [0.717, 1.165) is 25.8 Å². The number of aromatic nitrogens is 1. The average molecular weight is 273 g/mol. The monoisotopic (exact) mass is 273 g/mol. The number of para-hydroxylation sites is 1. The van der Waals surface area contributed by atoms with Crippen LogP contribution >= 0.6 is 0 Å². The van der Waals surface area contributed by atoms with Gasteiger partial charge in [0, 0.05) is 17.8 Å². The Morgan fingerprint density at radius 3 is 2.65 bits per heavy atom. The first-order valence-electron chi connectivity index (χ1n) is 7.20. The lowest BCUT2D eigenvalue weighted by atomic mass is 9.87. The maximum atomic E-state index is 11.1. The van der Waals surface area contributed by atoms with Crippen LogP contribution in [0.15, 0.2) is 30.3 Å². The van der Waals surface area contributed by atoms with E-state index in [0.29, 0.717) is 0 Å². The van der Waals surface area contributed by atoms with Gasteiger partial charge in [-0.1, -0.05) is 24.6 Å². The summed E-state index contributed by atoms with van der Waals surface area (Å²) >= 11 is 0. The molecule has 1 aromatic carbocycles. The molecule has 108 valence electrons. The van der Waals surface area contributed by atoms with Crippen molar-refractivity contribution in [1.82, 2.24) is 4.57 Å². The van der Waals surface area contributed by atoms with Gasteiger partial charge in [0.15, 0.2) is 0 Å². The molecule has 3 heteroatoms. The number of unbranched alkanes of at least 4 members (excludes halogenated alkanes) is 1. The normalized spacial score (nSPS) is 11.9. The average Bonchev–Trinajstić information content (AvgIpc) is 2.70. The molecule has 1 heterocycles. The highest BCUT2D eigenvalue weighted by Crippen LogP contribution is 2.25. The number of aryl methyl sites for hydroxylation is 2. The number of nitrogens with zero attached hydrogens (tertiary/aromatic N) is 1. The Hall–Kier alpha value is -1.77. The fraction of sp³-hybridized carbons (Fsp3) is 0.471. The molecule has 2 rings (SSSR count). The van der Waals surface area contributed by atoms with E-state index in [2.05, 4.69) is 41.8 Å². The van der Waals surface area contributed by atoms with E-state index < -0.39 is 11.4 Å². The van der Waals surface area contributed by atoms with Gasteiger partial charge in [0.05, 0.1) is 5.41 Å². The number of fused-ring (bicyclic) bond motifs is 1. The number of hydrogen-bond donors (Lipinski definition) is 1. The van der Waals surface area contributed by atoms with Gasteiger partial charge in [0.2, 0.25) is 0 Å². The molecule has 0 spiro atoms. The van der Waals surface area contributed by atoms with Crippen molar-refractivity contribution in [1.29, 1.82) is 0 Å². The number of carboxylic acids is 1. The van der Waals surface area contributed by atoms with Gasteiger partial charge in [-0.05, 0) is 51.1 Å². The molecule has 2 aromatic rings. The second-order valence-corrected chi connectivity index (χ2v) is 6.14. The number of benzene rings is 1. The van der Waals surface area contributed by atoms with Crippen LogP contribution in [0.1, 0.15) is 38.8 Å². The maximum absolute atomic E-state index is 11.1. The second-order valence-electron chi connectivity index (χ2n) is 6.14. The van der Waals surface area contributed by atoms with Crippen LogP contribution < -0.4 is 0 Å². The minimum Gasteiger partial charge on any atom is -0.481 e. The first-order chi connectivity index (χ1) is 9.42. The molecular formula is C17H23NO2. The third kappa shape index (κ3) is 3.03. The number of hydrogen-bond acceptors (Lipinski definition) is 1. The Balaban J connectivity index is 1.97. The molecule has 0 aliphatic rings. The smallest absolute Gasteiger partial charge is 0.309 e. The van der Waals surface area contributed by atoms with Gasteiger partial charge >= 0.3 is 5.97 Å². The van der Waals surface area contributed by atoms with E-state index in [1.165, 1.54) is 16.6 Å². The van der Waals surface area contributed by atoms with Gasteiger partial charge in [-0.3, -0.25) is 4.79 Å². The number of rotatable bonds is 6. The predicted molar refractivity (Wildman–Crippen MR) is 81.9 cm³/mol. The van der Waals surface area contributed by atoms with Crippen molar-refractivity contribution in [2.45, 2.75) is 46.6 Å². The topological polar surface area (TPSA) is 42.2 Å². The van der Waals surface area contributed by atoms with Crippen LogP contribution in [0.25, 0.3) is 10.9 Å². The Kier molecular flexibility index (Phi) is 4.17. The van der Waals surface area contributed by atoms with E-state index >= 15 is 0 Å². The Bertz CT molecular complexity index is 610. The molecule has 3 nitrogen and oxygen atoms in total. The molecule has 0 aliphatic carbocycles. The first kappa shape index (κ1) is 14.6. The van der Waals surface area contributed by atoms with E-state index in [1.807, 2.05) is 0 Å². The zero-order valence-electron chi connectivity index (χ0n) is 12.5. The number of carbonyl (C=O) groups is 1. The lowest BCUT2D eigenvalue weighted by Gasteiger charge is -2.18. The zero-order chi connectivity index (χ0) is 14.8. The molecule has 1 aromatic heterocycles. The number of aliphatic carboxylic acids is 1. The summed E-state index contributed by atoms with van der Waals surface area (Å²) in [5.74, 6) is -0.708. The molecule has 0 saturated heterocycles. The molecule has 0 amide bonds. The summed E-state index contributed by atoms with van der Waals surface area (Å²) in [6.07, 6.45) is 2.67. The van der Waals surface area contributed by atoms with Crippen LogP contribution in [0.5, 0.6) is 0 Å². The van der Waals surface area contributed by atoms with Crippen molar-refractivity contribution >= 4 is 16.9 Å².